The SMILES string of the molecule is Nc1ccccc1SCCCCP(=O)(O)O. The minimum Gasteiger partial charge on any atom is -0.398 e. The lowest BCUT2D eigenvalue weighted by Crippen LogP contribution is -1.91. The van der Waals surface area contributed by atoms with Crippen LogP contribution in [0, 0.1) is 0 Å². The molecule has 1 aromatic rings. The second-order valence-electron chi connectivity index (χ2n) is 3.48. The lowest BCUT2D eigenvalue weighted by molar-refractivity contribution is 0.371. The Bertz CT molecular complexity index is 380. The van der Waals surface area contributed by atoms with Crippen LogP contribution in [0.5, 0.6) is 0 Å². The lowest BCUT2D eigenvalue weighted by Gasteiger charge is -2.05. The van der Waals surface area contributed by atoms with Crippen LogP contribution in [0.3, 0.4) is 0 Å². The first kappa shape index (κ1) is 13.6. The molecule has 4 nitrogen and oxygen atoms in total. The monoisotopic (exact) mass is 261 g/mol. The minimum absolute atomic E-state index is 0.0299. The molecule has 0 saturated heterocycles. The van der Waals surface area contributed by atoms with Crippen molar-refractivity contribution in [3.05, 3.63) is 24.3 Å². The molecule has 0 spiro atoms. The van der Waals surface area contributed by atoms with Crippen LogP contribution in [0.1, 0.15) is 12.8 Å². The first-order valence-corrected chi connectivity index (χ1v) is 7.79. The van der Waals surface area contributed by atoms with Crippen LogP contribution in [-0.2, 0) is 4.57 Å². The summed E-state index contributed by atoms with van der Waals surface area (Å²) in [7, 11) is -3.82. The second-order valence-corrected chi connectivity index (χ2v) is 6.40. The molecule has 0 aliphatic carbocycles. The summed E-state index contributed by atoms with van der Waals surface area (Å²) in [6.45, 7) is 0. The van der Waals surface area contributed by atoms with Gasteiger partial charge >= 0.3 is 7.60 Å². The average molecular weight is 261 g/mol. The van der Waals surface area contributed by atoms with E-state index in [4.69, 9.17) is 15.5 Å². The van der Waals surface area contributed by atoms with Crippen molar-refractivity contribution in [3.63, 3.8) is 0 Å². The zero-order chi connectivity index (χ0) is 12.0. The van der Waals surface area contributed by atoms with Crippen LogP contribution >= 0.6 is 19.4 Å². The predicted molar refractivity (Wildman–Crippen MR) is 67.7 cm³/mol. The number of unbranched alkanes of at least 4 members (excludes halogenated alkanes) is 1. The van der Waals surface area contributed by atoms with Gasteiger partial charge in [0.1, 0.15) is 0 Å². The van der Waals surface area contributed by atoms with Crippen molar-refractivity contribution >= 4 is 25.0 Å². The number of nitrogen functional groups attached to an aromatic ring is 1. The van der Waals surface area contributed by atoms with Crippen molar-refractivity contribution in [1.82, 2.24) is 0 Å². The van der Waals surface area contributed by atoms with Gasteiger partial charge in [0.25, 0.3) is 0 Å². The third-order valence-corrected chi connectivity index (χ3v) is 4.09. The molecule has 1 aromatic carbocycles. The van der Waals surface area contributed by atoms with Gasteiger partial charge in [0.2, 0.25) is 0 Å². The fraction of sp³-hybridized carbons (Fsp3) is 0.400. The van der Waals surface area contributed by atoms with Gasteiger partial charge in [-0.25, -0.2) is 0 Å². The first-order valence-electron chi connectivity index (χ1n) is 5.01. The van der Waals surface area contributed by atoms with Gasteiger partial charge in [-0.1, -0.05) is 12.1 Å². The van der Waals surface area contributed by atoms with E-state index < -0.39 is 7.60 Å². The summed E-state index contributed by atoms with van der Waals surface area (Å²) in [4.78, 5) is 18.4. The Balaban J connectivity index is 2.22. The molecular weight excluding hydrogens is 245 g/mol. The third-order valence-electron chi connectivity index (χ3n) is 2.02. The zero-order valence-corrected chi connectivity index (χ0v) is 10.6. The fourth-order valence-electron chi connectivity index (χ4n) is 1.21. The van der Waals surface area contributed by atoms with E-state index in [2.05, 4.69) is 0 Å². The molecule has 0 atom stereocenters. The normalized spacial score (nSPS) is 11.6. The Labute approximate surface area is 99.4 Å². The Hall–Kier alpha value is -0.480. The number of para-hydroxylation sites is 1. The highest BCUT2D eigenvalue weighted by Crippen LogP contribution is 2.35. The summed E-state index contributed by atoms with van der Waals surface area (Å²) in [5, 5.41) is 0. The molecule has 90 valence electrons. The van der Waals surface area contributed by atoms with Gasteiger partial charge in [0, 0.05) is 16.7 Å². The molecule has 0 amide bonds. The van der Waals surface area contributed by atoms with Crippen molar-refractivity contribution in [1.29, 1.82) is 0 Å². The van der Waals surface area contributed by atoms with E-state index in [9.17, 15) is 4.57 Å². The Morgan fingerprint density at radius 3 is 2.56 bits per heavy atom. The summed E-state index contributed by atoms with van der Waals surface area (Å²) in [6, 6.07) is 7.60. The zero-order valence-electron chi connectivity index (χ0n) is 8.87. The Kier molecular flexibility index (Phi) is 5.35. The van der Waals surface area contributed by atoms with Gasteiger partial charge in [0.05, 0.1) is 0 Å². The van der Waals surface area contributed by atoms with Crippen molar-refractivity contribution < 1.29 is 14.4 Å². The van der Waals surface area contributed by atoms with Crippen molar-refractivity contribution in [2.24, 2.45) is 0 Å². The molecule has 1 rings (SSSR count). The molecule has 0 aromatic heterocycles. The van der Waals surface area contributed by atoms with Gasteiger partial charge in [-0.05, 0) is 30.7 Å². The topological polar surface area (TPSA) is 83.6 Å². The van der Waals surface area contributed by atoms with Gasteiger partial charge in [-0.3, -0.25) is 4.57 Å². The predicted octanol–water partition coefficient (Wildman–Crippen LogP) is 2.32. The first-order chi connectivity index (χ1) is 7.49. The molecule has 0 fully saturated rings. The van der Waals surface area contributed by atoms with E-state index in [-0.39, 0.29) is 6.16 Å². The number of rotatable bonds is 6. The highest BCUT2D eigenvalue weighted by atomic mass is 32.2. The third kappa shape index (κ3) is 5.56. The van der Waals surface area contributed by atoms with E-state index in [0.29, 0.717) is 6.42 Å². The maximum atomic E-state index is 10.6. The van der Waals surface area contributed by atoms with Crippen LogP contribution in [0.2, 0.25) is 0 Å². The van der Waals surface area contributed by atoms with E-state index in [1.807, 2.05) is 24.3 Å². The second kappa shape index (κ2) is 6.30. The molecule has 0 aliphatic rings. The molecule has 16 heavy (non-hydrogen) atoms. The highest BCUT2D eigenvalue weighted by Gasteiger charge is 2.11. The van der Waals surface area contributed by atoms with Crippen LogP contribution in [-0.4, -0.2) is 21.7 Å². The maximum absolute atomic E-state index is 10.6. The summed E-state index contributed by atoms with van der Waals surface area (Å²) >= 11 is 1.62. The van der Waals surface area contributed by atoms with Crippen molar-refractivity contribution in [2.75, 3.05) is 17.6 Å². The Morgan fingerprint density at radius 1 is 1.25 bits per heavy atom. The molecular formula is C10H16NO3PS. The van der Waals surface area contributed by atoms with Crippen LogP contribution in [0.4, 0.5) is 5.69 Å². The van der Waals surface area contributed by atoms with Crippen LogP contribution in [0.15, 0.2) is 29.2 Å². The molecule has 0 heterocycles. The molecule has 0 unspecified atom stereocenters. The van der Waals surface area contributed by atoms with Gasteiger partial charge < -0.3 is 15.5 Å². The molecule has 0 saturated carbocycles. The number of benzene rings is 1. The van der Waals surface area contributed by atoms with Gasteiger partial charge in [-0.15, -0.1) is 11.8 Å². The van der Waals surface area contributed by atoms with Crippen LogP contribution < -0.4 is 5.73 Å². The number of hydrogen-bond donors (Lipinski definition) is 3. The number of nitrogens with two attached hydrogens (primary N) is 1. The number of anilines is 1. The quantitative estimate of drug-likeness (QED) is 0.317. The summed E-state index contributed by atoms with van der Waals surface area (Å²) < 4.78 is 10.6. The number of thioether (sulfide) groups is 1. The molecule has 4 N–H and O–H groups in total. The Morgan fingerprint density at radius 2 is 1.94 bits per heavy atom. The number of hydrogen-bond acceptors (Lipinski definition) is 3. The maximum Gasteiger partial charge on any atom is 0.325 e. The van der Waals surface area contributed by atoms with Crippen LogP contribution in [0.25, 0.3) is 0 Å². The molecule has 0 aliphatic heterocycles. The molecule has 6 heteroatoms. The molecule has 0 bridgehead atoms. The van der Waals surface area contributed by atoms with E-state index in [1.165, 1.54) is 0 Å². The van der Waals surface area contributed by atoms with E-state index in [1.54, 1.807) is 11.8 Å². The van der Waals surface area contributed by atoms with E-state index >= 15 is 0 Å². The molecule has 0 radical (unpaired) electrons. The summed E-state index contributed by atoms with van der Waals surface area (Å²) in [5.41, 5.74) is 6.51. The summed E-state index contributed by atoms with van der Waals surface area (Å²) in [6.07, 6.45) is 1.30. The standard InChI is InChI=1S/C10H16NO3PS/c11-9-5-1-2-6-10(9)16-8-4-3-7-15(12,13)14/h1-2,5-6H,3-4,7-8,11H2,(H2,12,13,14). The van der Waals surface area contributed by atoms with Crippen molar-refractivity contribution in [3.8, 4) is 0 Å². The van der Waals surface area contributed by atoms with Gasteiger partial charge in [-0.2, -0.15) is 0 Å². The van der Waals surface area contributed by atoms with Crippen molar-refractivity contribution in [2.45, 2.75) is 17.7 Å². The fourth-order valence-corrected chi connectivity index (χ4v) is 2.83. The largest absolute Gasteiger partial charge is 0.398 e. The average Bonchev–Trinajstić information content (AvgIpc) is 2.18. The van der Waals surface area contributed by atoms with Gasteiger partial charge in [0.15, 0.2) is 0 Å². The highest BCUT2D eigenvalue weighted by molar-refractivity contribution is 7.99. The lowest BCUT2D eigenvalue weighted by atomic mass is 10.3. The minimum atomic E-state index is -3.82. The summed E-state index contributed by atoms with van der Waals surface area (Å²) in [5.74, 6) is 0.828. The smallest absolute Gasteiger partial charge is 0.325 e. The van der Waals surface area contributed by atoms with E-state index in [0.717, 1.165) is 22.8 Å².